The number of amidine groups is 1. The number of rotatable bonds is 6. The summed E-state index contributed by atoms with van der Waals surface area (Å²) in [4.78, 5) is 6.38. The van der Waals surface area contributed by atoms with Crippen molar-refractivity contribution < 1.29 is 9.84 Å². The molecule has 162 valence electrons. The maximum Gasteiger partial charge on any atom is 0.133 e. The van der Waals surface area contributed by atoms with Crippen molar-refractivity contribution in [3.8, 4) is 0 Å². The van der Waals surface area contributed by atoms with Crippen molar-refractivity contribution in [2.75, 3.05) is 25.1 Å². The lowest BCUT2D eigenvalue weighted by Crippen LogP contribution is -2.35. The second kappa shape index (κ2) is 10.1. The summed E-state index contributed by atoms with van der Waals surface area (Å²) in [6, 6.07) is 14.3. The number of benzene rings is 2. The lowest BCUT2D eigenvalue weighted by atomic mass is 10.0. The van der Waals surface area contributed by atoms with E-state index >= 15 is 0 Å². The van der Waals surface area contributed by atoms with Gasteiger partial charge >= 0.3 is 0 Å². The first-order valence-corrected chi connectivity index (χ1v) is 10.5. The molecule has 3 N–H and O–H groups in total. The van der Waals surface area contributed by atoms with Gasteiger partial charge in [-0.1, -0.05) is 25.3 Å². The topological polar surface area (TPSA) is 71.1 Å². The van der Waals surface area contributed by atoms with Gasteiger partial charge < -0.3 is 20.5 Å². The molecule has 5 nitrogen and oxygen atoms in total. The Bertz CT molecular complexity index is 1090. The Balaban J connectivity index is 1.93. The van der Waals surface area contributed by atoms with E-state index in [9.17, 15) is 5.11 Å². The normalized spacial score (nSPS) is 16.5. The molecule has 0 radical (unpaired) electrons. The summed E-state index contributed by atoms with van der Waals surface area (Å²) in [6.07, 6.45) is 4.92. The van der Waals surface area contributed by atoms with Crippen LogP contribution in [0.15, 0.2) is 66.3 Å². The van der Waals surface area contributed by atoms with Gasteiger partial charge in [-0.25, -0.2) is 4.99 Å². The van der Waals surface area contributed by atoms with Crippen LogP contribution in [0.4, 0.5) is 5.69 Å². The number of piperidine rings is 1. The average molecular weight is 418 g/mol. The van der Waals surface area contributed by atoms with Crippen molar-refractivity contribution in [3.63, 3.8) is 0 Å². The maximum atomic E-state index is 9.73. The van der Waals surface area contributed by atoms with Crippen LogP contribution in [0.1, 0.15) is 30.9 Å². The van der Waals surface area contributed by atoms with Crippen LogP contribution in [0.5, 0.6) is 0 Å². The van der Waals surface area contributed by atoms with E-state index in [-0.39, 0.29) is 6.10 Å². The molecule has 0 unspecified atom stereocenters. The monoisotopic (exact) mass is 417 g/mol. The molecular weight excluding hydrogens is 386 g/mol. The zero-order chi connectivity index (χ0) is 22.4. The zero-order valence-electron chi connectivity index (χ0n) is 18.3. The summed E-state index contributed by atoms with van der Waals surface area (Å²) in [5.74, 6) is 1.26. The molecule has 0 aromatic heterocycles. The molecule has 3 rings (SSSR count). The van der Waals surface area contributed by atoms with Gasteiger partial charge in [0.15, 0.2) is 0 Å². The fourth-order valence-electron chi connectivity index (χ4n) is 3.66. The molecule has 2 aromatic carbocycles. The molecule has 31 heavy (non-hydrogen) atoms. The second-order valence-corrected chi connectivity index (χ2v) is 7.78. The predicted octanol–water partition coefficient (Wildman–Crippen LogP) is 2.76. The quantitative estimate of drug-likeness (QED) is 0.431. The van der Waals surface area contributed by atoms with Gasteiger partial charge in [0.1, 0.15) is 5.76 Å². The maximum absolute atomic E-state index is 9.73. The first-order valence-electron chi connectivity index (χ1n) is 10.5. The molecule has 5 heteroatoms. The Kier molecular flexibility index (Phi) is 7.32. The summed E-state index contributed by atoms with van der Waals surface area (Å²) in [5, 5.41) is 11.5. The number of aliphatic hydroxyl groups excluding tert-OH is 1. The smallest absolute Gasteiger partial charge is 0.133 e. The number of methoxy groups -OCH3 is 1. The van der Waals surface area contributed by atoms with Crippen LogP contribution in [0.3, 0.4) is 0 Å². The number of nitrogens with two attached hydrogens (primary N) is 1. The van der Waals surface area contributed by atoms with Gasteiger partial charge in [0.2, 0.25) is 0 Å². The molecule has 1 aliphatic heterocycles. The van der Waals surface area contributed by atoms with Gasteiger partial charge in [0.25, 0.3) is 0 Å². The first-order chi connectivity index (χ1) is 14.9. The Morgan fingerprint density at radius 3 is 2.42 bits per heavy atom. The standard InChI is InChI=1S/C26H31N3O2/c1-18(11-14-28-20(3)27)22-6-5-19(2)25(17-22)26(31-4)21-7-9-23(10-8-21)29-15-12-24(30)13-16-29/h5-11,14,17,24,30H,1-2,12-13,15-16H2,3-4H3,(H2,27,28)/b14-11-,26-25-. The summed E-state index contributed by atoms with van der Waals surface area (Å²) in [6.45, 7) is 11.8. The van der Waals surface area contributed by atoms with Crippen LogP contribution in [-0.2, 0) is 4.74 Å². The van der Waals surface area contributed by atoms with Crippen LogP contribution in [0.2, 0.25) is 0 Å². The van der Waals surface area contributed by atoms with E-state index in [1.165, 1.54) is 0 Å². The Morgan fingerprint density at radius 1 is 1.16 bits per heavy atom. The highest BCUT2D eigenvalue weighted by atomic mass is 16.5. The minimum Gasteiger partial charge on any atom is -0.495 e. The van der Waals surface area contributed by atoms with Crippen molar-refractivity contribution in [1.29, 1.82) is 0 Å². The fraction of sp³-hybridized carbons (Fsp3) is 0.269. The summed E-state index contributed by atoms with van der Waals surface area (Å²) >= 11 is 0. The number of hydrogen-bond donors (Lipinski definition) is 2. The third-order valence-electron chi connectivity index (χ3n) is 5.44. The van der Waals surface area contributed by atoms with E-state index in [1.54, 1.807) is 20.2 Å². The highest BCUT2D eigenvalue weighted by Crippen LogP contribution is 2.22. The Morgan fingerprint density at radius 2 is 1.81 bits per heavy atom. The number of aliphatic hydroxyl groups is 1. The molecule has 0 bridgehead atoms. The number of hydrogen-bond acceptors (Lipinski definition) is 4. The first kappa shape index (κ1) is 22.4. The highest BCUT2D eigenvalue weighted by molar-refractivity contribution is 5.79. The Labute approximate surface area is 184 Å². The third kappa shape index (κ3) is 5.64. The largest absolute Gasteiger partial charge is 0.495 e. The average Bonchev–Trinajstić information content (AvgIpc) is 2.76. The van der Waals surface area contributed by atoms with Crippen LogP contribution in [-0.4, -0.2) is 37.2 Å². The van der Waals surface area contributed by atoms with Gasteiger partial charge in [-0.3, -0.25) is 0 Å². The van der Waals surface area contributed by atoms with Crippen molar-refractivity contribution >= 4 is 29.4 Å². The minimum absolute atomic E-state index is 0.178. The molecule has 1 fully saturated rings. The van der Waals surface area contributed by atoms with E-state index in [0.29, 0.717) is 5.84 Å². The number of anilines is 1. The van der Waals surface area contributed by atoms with Crippen LogP contribution in [0, 0.1) is 0 Å². The summed E-state index contributed by atoms with van der Waals surface area (Å²) in [7, 11) is 1.68. The molecule has 0 saturated carbocycles. The molecule has 0 aliphatic carbocycles. The van der Waals surface area contributed by atoms with E-state index in [1.807, 2.05) is 24.3 Å². The van der Waals surface area contributed by atoms with Gasteiger partial charge in [-0.2, -0.15) is 0 Å². The minimum atomic E-state index is -0.178. The molecule has 1 aliphatic rings. The SMILES string of the molecule is C=C(/C=C\N=C(C)N)c1ccc(=C)/c(=C(\OC)c2ccc(N3CCC(O)CC3)cc2)c1. The lowest BCUT2D eigenvalue weighted by Gasteiger charge is -2.31. The number of allylic oxidation sites excluding steroid dienone is 2. The fourth-order valence-corrected chi connectivity index (χ4v) is 3.66. The van der Waals surface area contributed by atoms with Crippen LogP contribution >= 0.6 is 0 Å². The van der Waals surface area contributed by atoms with Crippen molar-refractivity contribution in [2.24, 2.45) is 10.7 Å². The number of ether oxygens (including phenoxy) is 1. The van der Waals surface area contributed by atoms with Gasteiger partial charge in [-0.05, 0) is 72.5 Å². The van der Waals surface area contributed by atoms with Crippen LogP contribution < -0.4 is 21.1 Å². The lowest BCUT2D eigenvalue weighted by molar-refractivity contribution is 0.145. The number of aliphatic imine (C=N–C) groups is 1. The zero-order valence-corrected chi connectivity index (χ0v) is 18.3. The molecular formula is C26H31N3O2. The van der Waals surface area contributed by atoms with Gasteiger partial charge in [0.05, 0.1) is 19.0 Å². The highest BCUT2D eigenvalue weighted by Gasteiger charge is 2.17. The molecule has 2 aromatic rings. The van der Waals surface area contributed by atoms with Crippen molar-refractivity contribution in [2.45, 2.75) is 25.9 Å². The molecule has 0 amide bonds. The van der Waals surface area contributed by atoms with Crippen LogP contribution in [0.25, 0.3) is 17.9 Å². The van der Waals surface area contributed by atoms with E-state index in [4.69, 9.17) is 10.5 Å². The molecule has 0 atom stereocenters. The summed E-state index contributed by atoms with van der Waals surface area (Å²) in [5.41, 5.74) is 9.50. The predicted molar refractivity (Wildman–Crippen MR) is 130 cm³/mol. The van der Waals surface area contributed by atoms with Crippen molar-refractivity contribution in [3.05, 3.63) is 82.9 Å². The van der Waals surface area contributed by atoms with Gasteiger partial charge in [0, 0.05) is 35.8 Å². The van der Waals surface area contributed by atoms with E-state index in [0.717, 1.165) is 64.5 Å². The third-order valence-corrected chi connectivity index (χ3v) is 5.44. The molecule has 1 saturated heterocycles. The van der Waals surface area contributed by atoms with Gasteiger partial charge in [-0.15, -0.1) is 0 Å². The molecule has 1 heterocycles. The Hall–Kier alpha value is -3.31. The van der Waals surface area contributed by atoms with E-state index < -0.39 is 0 Å². The summed E-state index contributed by atoms with van der Waals surface area (Å²) < 4.78 is 5.79. The number of nitrogens with zero attached hydrogens (tertiary/aromatic N) is 2. The van der Waals surface area contributed by atoms with Crippen molar-refractivity contribution in [1.82, 2.24) is 0 Å². The molecule has 0 spiro atoms. The van der Waals surface area contributed by atoms with E-state index in [2.05, 4.69) is 47.3 Å². The second-order valence-electron chi connectivity index (χ2n) is 7.78.